The molecule has 0 saturated heterocycles. The molecule has 2 rings (SSSR count). The second kappa shape index (κ2) is 5.74. The standard InChI is InChI=1S/C15H24N2O2S/c1-4-9-17(10-13-6-7-13)20(18,19)15-11(2)5-8-14(16)12(15)3/h5,8,13H,4,6-7,9-10,16H2,1-3H3. The normalized spacial score (nSPS) is 15.8. The van der Waals surface area contributed by atoms with E-state index in [9.17, 15) is 8.42 Å². The van der Waals surface area contributed by atoms with Crippen molar-refractivity contribution in [2.75, 3.05) is 18.8 Å². The predicted molar refractivity (Wildman–Crippen MR) is 82.1 cm³/mol. The van der Waals surface area contributed by atoms with Gasteiger partial charge in [0.05, 0.1) is 4.90 Å². The Labute approximate surface area is 122 Å². The van der Waals surface area contributed by atoms with Crippen molar-refractivity contribution in [1.29, 1.82) is 0 Å². The van der Waals surface area contributed by atoms with Crippen LogP contribution in [0, 0.1) is 19.8 Å². The van der Waals surface area contributed by atoms with Crippen LogP contribution in [0.5, 0.6) is 0 Å². The second-order valence-corrected chi connectivity index (χ2v) is 7.61. The summed E-state index contributed by atoms with van der Waals surface area (Å²) in [7, 11) is -3.45. The average Bonchev–Trinajstić information content (AvgIpc) is 3.17. The molecule has 0 radical (unpaired) electrons. The minimum absolute atomic E-state index is 0.395. The third-order valence-electron chi connectivity index (χ3n) is 3.87. The van der Waals surface area contributed by atoms with E-state index in [1.54, 1.807) is 23.4 Å². The minimum Gasteiger partial charge on any atom is -0.398 e. The maximum absolute atomic E-state index is 12.9. The molecule has 1 aromatic rings. The predicted octanol–water partition coefficient (Wildman–Crippen LogP) is 2.70. The van der Waals surface area contributed by atoms with Crippen LogP contribution in [0.25, 0.3) is 0 Å². The van der Waals surface area contributed by atoms with Gasteiger partial charge in [-0.3, -0.25) is 0 Å². The Balaban J connectivity index is 2.43. The fraction of sp³-hybridized carbons (Fsp3) is 0.600. The number of benzene rings is 1. The molecule has 0 aliphatic heterocycles. The highest BCUT2D eigenvalue weighted by Crippen LogP contribution is 2.33. The molecule has 1 aromatic carbocycles. The molecule has 0 spiro atoms. The minimum atomic E-state index is -3.45. The Bertz CT molecular complexity index is 592. The first kappa shape index (κ1) is 15.3. The summed E-state index contributed by atoms with van der Waals surface area (Å²) >= 11 is 0. The molecule has 4 nitrogen and oxygen atoms in total. The molecule has 0 aromatic heterocycles. The molecule has 20 heavy (non-hydrogen) atoms. The quantitative estimate of drug-likeness (QED) is 0.821. The smallest absolute Gasteiger partial charge is 0.243 e. The van der Waals surface area contributed by atoms with Crippen LogP contribution < -0.4 is 5.73 Å². The van der Waals surface area contributed by atoms with Gasteiger partial charge in [0.15, 0.2) is 0 Å². The van der Waals surface area contributed by atoms with Gasteiger partial charge < -0.3 is 5.73 Å². The molecule has 0 amide bonds. The van der Waals surface area contributed by atoms with E-state index < -0.39 is 10.0 Å². The molecule has 1 aliphatic rings. The number of anilines is 1. The zero-order chi connectivity index (χ0) is 14.9. The molecular formula is C15H24N2O2S. The number of nitrogens with two attached hydrogens (primary N) is 1. The molecular weight excluding hydrogens is 272 g/mol. The van der Waals surface area contributed by atoms with Crippen molar-refractivity contribution in [2.24, 2.45) is 5.92 Å². The molecule has 0 unspecified atom stereocenters. The maximum Gasteiger partial charge on any atom is 0.243 e. The molecule has 1 saturated carbocycles. The molecule has 0 heterocycles. The lowest BCUT2D eigenvalue weighted by Gasteiger charge is -2.24. The highest BCUT2D eigenvalue weighted by molar-refractivity contribution is 7.89. The van der Waals surface area contributed by atoms with Crippen molar-refractivity contribution in [2.45, 2.75) is 44.9 Å². The molecule has 112 valence electrons. The van der Waals surface area contributed by atoms with Crippen LogP contribution in [0.3, 0.4) is 0 Å². The fourth-order valence-electron chi connectivity index (χ4n) is 2.52. The van der Waals surface area contributed by atoms with E-state index >= 15 is 0 Å². The molecule has 5 heteroatoms. The summed E-state index contributed by atoms with van der Waals surface area (Å²) in [6, 6.07) is 3.56. The summed E-state index contributed by atoms with van der Waals surface area (Å²) in [6.07, 6.45) is 3.11. The van der Waals surface area contributed by atoms with Crippen molar-refractivity contribution in [1.82, 2.24) is 4.31 Å². The lowest BCUT2D eigenvalue weighted by Crippen LogP contribution is -2.34. The third kappa shape index (κ3) is 2.99. The zero-order valence-corrected chi connectivity index (χ0v) is 13.3. The Morgan fingerprint density at radius 2 is 1.95 bits per heavy atom. The van der Waals surface area contributed by atoms with Gasteiger partial charge >= 0.3 is 0 Å². The van der Waals surface area contributed by atoms with Crippen LogP contribution in [0.1, 0.15) is 37.3 Å². The van der Waals surface area contributed by atoms with Gasteiger partial charge in [0, 0.05) is 18.8 Å². The maximum atomic E-state index is 12.9. The van der Waals surface area contributed by atoms with E-state index in [1.807, 2.05) is 13.8 Å². The van der Waals surface area contributed by atoms with Crippen LogP contribution in [0.4, 0.5) is 5.69 Å². The summed E-state index contributed by atoms with van der Waals surface area (Å²) in [5.41, 5.74) is 7.87. The van der Waals surface area contributed by atoms with Crippen molar-refractivity contribution < 1.29 is 8.42 Å². The van der Waals surface area contributed by atoms with Gasteiger partial charge in [-0.15, -0.1) is 0 Å². The molecule has 2 N–H and O–H groups in total. The molecule has 0 bridgehead atoms. The first-order chi connectivity index (χ1) is 9.37. The van der Waals surface area contributed by atoms with Crippen LogP contribution in [0.15, 0.2) is 17.0 Å². The molecule has 1 fully saturated rings. The zero-order valence-electron chi connectivity index (χ0n) is 12.5. The Kier molecular flexibility index (Phi) is 4.39. The Morgan fingerprint density at radius 1 is 1.30 bits per heavy atom. The SMILES string of the molecule is CCCN(CC1CC1)S(=O)(=O)c1c(C)ccc(N)c1C. The van der Waals surface area contributed by atoms with Gasteiger partial charge in [0.2, 0.25) is 10.0 Å². The Morgan fingerprint density at radius 3 is 2.50 bits per heavy atom. The van der Waals surface area contributed by atoms with Gasteiger partial charge in [-0.1, -0.05) is 13.0 Å². The Hall–Kier alpha value is -1.07. The average molecular weight is 296 g/mol. The van der Waals surface area contributed by atoms with Crippen LogP contribution in [-0.4, -0.2) is 25.8 Å². The van der Waals surface area contributed by atoms with E-state index in [-0.39, 0.29) is 0 Å². The number of sulfonamides is 1. The topological polar surface area (TPSA) is 63.4 Å². The second-order valence-electron chi connectivity index (χ2n) is 5.73. The third-order valence-corrected chi connectivity index (χ3v) is 6.03. The summed E-state index contributed by atoms with van der Waals surface area (Å²) in [5, 5.41) is 0. The molecule has 1 aliphatic carbocycles. The van der Waals surface area contributed by atoms with Crippen molar-refractivity contribution in [3.05, 3.63) is 23.3 Å². The van der Waals surface area contributed by atoms with E-state index in [0.717, 1.165) is 24.8 Å². The van der Waals surface area contributed by atoms with Gasteiger partial charge in [0.1, 0.15) is 0 Å². The van der Waals surface area contributed by atoms with Crippen LogP contribution in [0.2, 0.25) is 0 Å². The fourth-order valence-corrected chi connectivity index (χ4v) is 4.58. The highest BCUT2D eigenvalue weighted by Gasteiger charge is 2.33. The lowest BCUT2D eigenvalue weighted by atomic mass is 10.1. The van der Waals surface area contributed by atoms with Crippen LogP contribution >= 0.6 is 0 Å². The van der Waals surface area contributed by atoms with Crippen molar-refractivity contribution >= 4 is 15.7 Å². The summed E-state index contributed by atoms with van der Waals surface area (Å²) in [4.78, 5) is 0.395. The first-order valence-electron chi connectivity index (χ1n) is 7.23. The number of nitrogens with zero attached hydrogens (tertiary/aromatic N) is 1. The number of nitrogen functional groups attached to an aromatic ring is 1. The lowest BCUT2D eigenvalue weighted by molar-refractivity contribution is 0.395. The largest absolute Gasteiger partial charge is 0.398 e. The first-order valence-corrected chi connectivity index (χ1v) is 8.67. The van der Waals surface area contributed by atoms with Crippen molar-refractivity contribution in [3.8, 4) is 0 Å². The van der Waals surface area contributed by atoms with Gasteiger partial charge in [-0.25, -0.2) is 8.42 Å². The number of aryl methyl sites for hydroxylation is 1. The van der Waals surface area contributed by atoms with Gasteiger partial charge in [0.25, 0.3) is 0 Å². The van der Waals surface area contributed by atoms with E-state index in [1.165, 1.54) is 0 Å². The van der Waals surface area contributed by atoms with E-state index in [4.69, 9.17) is 5.73 Å². The van der Waals surface area contributed by atoms with Crippen LogP contribution in [-0.2, 0) is 10.0 Å². The summed E-state index contributed by atoms with van der Waals surface area (Å²) < 4.78 is 27.5. The monoisotopic (exact) mass is 296 g/mol. The van der Waals surface area contributed by atoms with E-state index in [0.29, 0.717) is 35.2 Å². The summed E-state index contributed by atoms with van der Waals surface area (Å²) in [6.45, 7) is 6.85. The number of hydrogen-bond donors (Lipinski definition) is 1. The van der Waals surface area contributed by atoms with Gasteiger partial charge in [-0.05, 0) is 56.2 Å². The van der Waals surface area contributed by atoms with Gasteiger partial charge in [-0.2, -0.15) is 4.31 Å². The van der Waals surface area contributed by atoms with Crippen molar-refractivity contribution in [3.63, 3.8) is 0 Å². The molecule has 0 atom stereocenters. The number of rotatable bonds is 6. The summed E-state index contributed by atoms with van der Waals surface area (Å²) in [5.74, 6) is 0.540. The van der Waals surface area contributed by atoms with E-state index in [2.05, 4.69) is 0 Å². The highest BCUT2D eigenvalue weighted by atomic mass is 32.2. The number of hydrogen-bond acceptors (Lipinski definition) is 3.